The molecule has 0 atom stereocenters. The van der Waals surface area contributed by atoms with Crippen LogP contribution in [-0.4, -0.2) is 30.6 Å². The maximum Gasteiger partial charge on any atom is 0.338 e. The fourth-order valence-corrected chi connectivity index (χ4v) is 4.69. The Bertz CT molecular complexity index is 1230. The van der Waals surface area contributed by atoms with Crippen LogP contribution in [0.5, 0.6) is 5.75 Å². The van der Waals surface area contributed by atoms with E-state index in [2.05, 4.69) is 17.6 Å². The van der Waals surface area contributed by atoms with E-state index in [0.717, 1.165) is 24.6 Å². The van der Waals surface area contributed by atoms with Crippen molar-refractivity contribution in [3.8, 4) is 5.75 Å². The molecule has 3 aromatic rings. The third kappa shape index (κ3) is 8.12. The standard InChI is InChI=1S/C31H39ClN2O4/c1-3-4-5-6-7-8-9-10-11-12-20-38-31(37)23-17-19-25(32)27(21-23)34-30(36)24-18-16-22-14-13-15-26(33-2)28(22)29(24)35/h13-19,21,33,35H,3-12,20H2,1-2H3,(H,34,36). The van der Waals surface area contributed by atoms with Crippen LogP contribution in [0.15, 0.2) is 48.5 Å². The molecule has 0 aliphatic rings. The normalized spacial score (nSPS) is 10.9. The van der Waals surface area contributed by atoms with Crippen molar-refractivity contribution < 1.29 is 19.4 Å². The molecule has 0 unspecified atom stereocenters. The quantitative estimate of drug-likeness (QED) is 0.133. The number of ether oxygens (including phenoxy) is 1. The molecule has 0 aliphatic carbocycles. The van der Waals surface area contributed by atoms with E-state index in [1.54, 1.807) is 31.3 Å². The number of nitrogens with one attached hydrogen (secondary N) is 2. The van der Waals surface area contributed by atoms with Crippen LogP contribution in [0.25, 0.3) is 10.8 Å². The Balaban J connectivity index is 1.52. The maximum absolute atomic E-state index is 13.0. The molecular formula is C31H39ClN2O4. The first kappa shape index (κ1) is 29.3. The van der Waals surface area contributed by atoms with E-state index in [1.165, 1.54) is 51.0 Å². The van der Waals surface area contributed by atoms with Crippen molar-refractivity contribution in [3.05, 3.63) is 64.7 Å². The Morgan fingerprint density at radius 1 is 0.868 bits per heavy atom. The van der Waals surface area contributed by atoms with Gasteiger partial charge in [-0.15, -0.1) is 0 Å². The summed E-state index contributed by atoms with van der Waals surface area (Å²) in [6.07, 6.45) is 12.1. The SMILES string of the molecule is CCCCCCCCCCCCOC(=O)c1ccc(Cl)c(NC(=O)c2ccc3cccc(NC)c3c2O)c1. The Kier molecular flexibility index (Phi) is 11.7. The van der Waals surface area contributed by atoms with Gasteiger partial charge >= 0.3 is 5.97 Å². The van der Waals surface area contributed by atoms with Gasteiger partial charge in [0.1, 0.15) is 5.75 Å². The van der Waals surface area contributed by atoms with E-state index in [1.807, 2.05) is 18.2 Å². The molecule has 0 aromatic heterocycles. The van der Waals surface area contributed by atoms with Crippen molar-refractivity contribution in [1.82, 2.24) is 0 Å². The molecule has 3 aromatic carbocycles. The van der Waals surface area contributed by atoms with E-state index in [-0.39, 0.29) is 22.0 Å². The van der Waals surface area contributed by atoms with E-state index in [4.69, 9.17) is 16.3 Å². The minimum Gasteiger partial charge on any atom is -0.506 e. The number of hydrogen-bond donors (Lipinski definition) is 3. The number of aromatic hydroxyl groups is 1. The first-order valence-electron chi connectivity index (χ1n) is 13.7. The number of phenolic OH excluding ortho intramolecular Hbond substituents is 1. The van der Waals surface area contributed by atoms with Crippen LogP contribution >= 0.6 is 11.6 Å². The van der Waals surface area contributed by atoms with Crippen molar-refractivity contribution in [1.29, 1.82) is 0 Å². The smallest absolute Gasteiger partial charge is 0.338 e. The van der Waals surface area contributed by atoms with Gasteiger partial charge in [-0.3, -0.25) is 4.79 Å². The molecule has 3 N–H and O–H groups in total. The van der Waals surface area contributed by atoms with E-state index < -0.39 is 11.9 Å². The molecule has 0 fully saturated rings. The second-order valence-electron chi connectivity index (χ2n) is 9.58. The summed E-state index contributed by atoms with van der Waals surface area (Å²) in [5, 5.41) is 18.2. The largest absolute Gasteiger partial charge is 0.506 e. The van der Waals surface area contributed by atoms with Gasteiger partial charge in [-0.1, -0.05) is 94.5 Å². The van der Waals surface area contributed by atoms with E-state index >= 15 is 0 Å². The molecule has 0 saturated carbocycles. The maximum atomic E-state index is 13.0. The highest BCUT2D eigenvalue weighted by Gasteiger charge is 2.18. The molecule has 0 bridgehead atoms. The number of phenols is 1. The van der Waals surface area contributed by atoms with Gasteiger partial charge in [0.05, 0.1) is 28.4 Å². The molecule has 1 amide bonds. The summed E-state index contributed by atoms with van der Waals surface area (Å²) in [6.45, 7) is 2.59. The topological polar surface area (TPSA) is 87.7 Å². The summed E-state index contributed by atoms with van der Waals surface area (Å²) in [7, 11) is 1.75. The Morgan fingerprint density at radius 3 is 2.24 bits per heavy atom. The zero-order valence-corrected chi connectivity index (χ0v) is 23.2. The molecule has 6 nitrogen and oxygen atoms in total. The average Bonchev–Trinajstić information content (AvgIpc) is 2.92. The summed E-state index contributed by atoms with van der Waals surface area (Å²) < 4.78 is 5.44. The summed E-state index contributed by atoms with van der Waals surface area (Å²) in [4.78, 5) is 25.6. The van der Waals surface area contributed by atoms with Gasteiger partial charge in [0.25, 0.3) is 5.91 Å². The van der Waals surface area contributed by atoms with E-state index in [0.29, 0.717) is 23.2 Å². The van der Waals surface area contributed by atoms with Crippen molar-refractivity contribution in [2.45, 2.75) is 71.1 Å². The van der Waals surface area contributed by atoms with E-state index in [9.17, 15) is 14.7 Å². The van der Waals surface area contributed by atoms with Gasteiger partial charge in [0.2, 0.25) is 0 Å². The highest BCUT2D eigenvalue weighted by Crippen LogP contribution is 2.35. The Labute approximate surface area is 230 Å². The van der Waals surface area contributed by atoms with Gasteiger partial charge in [-0.05, 0) is 42.1 Å². The highest BCUT2D eigenvalue weighted by atomic mass is 35.5. The fourth-order valence-electron chi connectivity index (χ4n) is 4.53. The summed E-state index contributed by atoms with van der Waals surface area (Å²) >= 11 is 6.30. The van der Waals surface area contributed by atoms with Gasteiger partial charge < -0.3 is 20.5 Å². The summed E-state index contributed by atoms with van der Waals surface area (Å²) in [5.41, 5.74) is 1.38. The lowest BCUT2D eigenvalue weighted by atomic mass is 10.0. The number of anilines is 2. The monoisotopic (exact) mass is 538 g/mol. The van der Waals surface area contributed by atoms with Gasteiger partial charge in [0, 0.05) is 18.1 Å². The van der Waals surface area contributed by atoms with Crippen LogP contribution < -0.4 is 10.6 Å². The minimum absolute atomic E-state index is 0.102. The highest BCUT2D eigenvalue weighted by molar-refractivity contribution is 6.34. The summed E-state index contributed by atoms with van der Waals surface area (Å²) in [5.74, 6) is -1.12. The molecule has 0 heterocycles. The minimum atomic E-state index is -0.534. The molecule has 7 heteroatoms. The third-order valence-electron chi connectivity index (χ3n) is 6.71. The van der Waals surface area contributed by atoms with Crippen molar-refractivity contribution >= 4 is 45.6 Å². The molecule has 0 spiro atoms. The lowest BCUT2D eigenvalue weighted by Gasteiger charge is -2.13. The zero-order chi connectivity index (χ0) is 27.3. The molecule has 38 heavy (non-hydrogen) atoms. The van der Waals surface area contributed by atoms with Crippen molar-refractivity contribution in [2.24, 2.45) is 0 Å². The van der Waals surface area contributed by atoms with Crippen LogP contribution in [0.1, 0.15) is 91.8 Å². The first-order chi connectivity index (χ1) is 18.5. The lowest BCUT2D eigenvalue weighted by molar-refractivity contribution is 0.0497. The van der Waals surface area contributed by atoms with Gasteiger partial charge in [-0.25, -0.2) is 4.79 Å². The van der Waals surface area contributed by atoms with Crippen molar-refractivity contribution in [3.63, 3.8) is 0 Å². The van der Waals surface area contributed by atoms with Crippen LogP contribution in [-0.2, 0) is 4.74 Å². The summed E-state index contributed by atoms with van der Waals surface area (Å²) in [6, 6.07) is 13.5. The number of halogens is 1. The molecule has 0 saturated heterocycles. The molecule has 3 rings (SSSR count). The first-order valence-corrected chi connectivity index (χ1v) is 14.0. The predicted molar refractivity (Wildman–Crippen MR) is 157 cm³/mol. The Morgan fingerprint density at radius 2 is 1.55 bits per heavy atom. The number of benzene rings is 3. The van der Waals surface area contributed by atoms with Crippen molar-refractivity contribution in [2.75, 3.05) is 24.3 Å². The molecule has 204 valence electrons. The second-order valence-corrected chi connectivity index (χ2v) is 9.99. The molecular weight excluding hydrogens is 500 g/mol. The average molecular weight is 539 g/mol. The van der Waals surface area contributed by atoms with Gasteiger partial charge in [0.15, 0.2) is 0 Å². The Hall–Kier alpha value is -3.25. The number of unbranched alkanes of at least 4 members (excludes halogenated alkanes) is 9. The van der Waals surface area contributed by atoms with Crippen LogP contribution in [0, 0.1) is 0 Å². The second kappa shape index (κ2) is 15.2. The zero-order valence-electron chi connectivity index (χ0n) is 22.4. The van der Waals surface area contributed by atoms with Crippen LogP contribution in [0.2, 0.25) is 5.02 Å². The van der Waals surface area contributed by atoms with Gasteiger partial charge in [-0.2, -0.15) is 0 Å². The molecule has 0 radical (unpaired) electrons. The number of hydrogen-bond acceptors (Lipinski definition) is 5. The number of amides is 1. The predicted octanol–water partition coefficient (Wildman–Crippen LogP) is 8.57. The van der Waals surface area contributed by atoms with Crippen LogP contribution in [0.4, 0.5) is 11.4 Å². The number of rotatable bonds is 15. The van der Waals surface area contributed by atoms with Crippen LogP contribution in [0.3, 0.4) is 0 Å². The number of carbonyl (C=O) groups is 2. The number of carbonyl (C=O) groups excluding carboxylic acids is 2. The lowest BCUT2D eigenvalue weighted by Crippen LogP contribution is -2.14. The fraction of sp³-hybridized carbons (Fsp3) is 0.419. The molecule has 0 aliphatic heterocycles. The third-order valence-corrected chi connectivity index (χ3v) is 7.04. The number of esters is 1. The number of fused-ring (bicyclic) bond motifs is 1.